The van der Waals surface area contributed by atoms with Gasteiger partial charge in [-0.15, -0.1) is 11.8 Å². The van der Waals surface area contributed by atoms with E-state index in [1.807, 2.05) is 38.1 Å². The number of amides is 1. The van der Waals surface area contributed by atoms with Crippen molar-refractivity contribution in [1.29, 1.82) is 0 Å². The summed E-state index contributed by atoms with van der Waals surface area (Å²) in [6.45, 7) is 5.28. The first-order valence-corrected chi connectivity index (χ1v) is 8.54. The van der Waals surface area contributed by atoms with E-state index in [1.54, 1.807) is 6.92 Å². The summed E-state index contributed by atoms with van der Waals surface area (Å²) in [7, 11) is 0. The van der Waals surface area contributed by atoms with Crippen LogP contribution in [0.25, 0.3) is 0 Å². The smallest absolute Gasteiger partial charge is 0.319 e. The Morgan fingerprint density at radius 1 is 1.24 bits per heavy atom. The maximum Gasteiger partial charge on any atom is 0.319 e. The zero-order valence-corrected chi connectivity index (χ0v) is 14.8. The molecule has 0 saturated heterocycles. The molecular weight excluding hydrogens is 354 g/mol. The molecule has 0 aromatic heterocycles. The molecule has 4 nitrogen and oxygen atoms in total. The summed E-state index contributed by atoms with van der Waals surface area (Å²) >= 11 is 4.87. The van der Waals surface area contributed by atoms with Gasteiger partial charge in [-0.1, -0.05) is 28.1 Å². The molecule has 0 aliphatic carbocycles. The van der Waals surface area contributed by atoms with Crippen molar-refractivity contribution < 1.29 is 14.3 Å². The third-order valence-corrected chi connectivity index (χ3v) is 4.26. The monoisotopic (exact) mass is 373 g/mol. The Kier molecular flexibility index (Phi) is 7.82. The average Bonchev–Trinajstić information content (AvgIpc) is 2.43. The Labute approximate surface area is 138 Å². The van der Waals surface area contributed by atoms with Crippen LogP contribution in [0.15, 0.2) is 28.7 Å². The summed E-state index contributed by atoms with van der Waals surface area (Å²) < 4.78 is 6.02. The van der Waals surface area contributed by atoms with E-state index in [4.69, 9.17) is 4.74 Å². The van der Waals surface area contributed by atoms with Gasteiger partial charge in [-0.3, -0.25) is 9.59 Å². The fourth-order valence-corrected chi connectivity index (χ4v) is 2.59. The van der Waals surface area contributed by atoms with Gasteiger partial charge in [0.2, 0.25) is 0 Å². The second kappa shape index (κ2) is 9.10. The molecule has 1 aromatic rings. The molecule has 0 aliphatic rings. The van der Waals surface area contributed by atoms with E-state index >= 15 is 0 Å². The van der Waals surface area contributed by atoms with Crippen LogP contribution >= 0.6 is 27.7 Å². The van der Waals surface area contributed by atoms with E-state index in [0.29, 0.717) is 0 Å². The van der Waals surface area contributed by atoms with Crippen LogP contribution in [0.1, 0.15) is 26.3 Å². The lowest BCUT2D eigenvalue weighted by Gasteiger charge is -2.12. The summed E-state index contributed by atoms with van der Waals surface area (Å²) in [5.74, 6) is 0.0846. The first kappa shape index (κ1) is 18.0. The zero-order chi connectivity index (χ0) is 15.8. The second-order valence-corrected chi connectivity index (χ2v) is 7.15. The minimum atomic E-state index is -0.365. The molecule has 6 heteroatoms. The van der Waals surface area contributed by atoms with Crippen molar-refractivity contribution in [3.8, 4) is 0 Å². The maximum absolute atomic E-state index is 11.8. The van der Waals surface area contributed by atoms with Gasteiger partial charge in [0.25, 0.3) is 5.91 Å². The standard InChI is InChI=1S/C15H20BrNO3S/c1-10(2)17-14(18)8-20-15(19)11(3)21-9-12-4-6-13(16)7-5-12/h4-7,10-11H,8-9H2,1-3H3,(H,17,18)/t11-/m0/s1. The fraction of sp³-hybridized carbons (Fsp3) is 0.467. The van der Waals surface area contributed by atoms with Crippen molar-refractivity contribution >= 4 is 39.6 Å². The second-order valence-electron chi connectivity index (χ2n) is 4.91. The highest BCUT2D eigenvalue weighted by Crippen LogP contribution is 2.20. The number of rotatable bonds is 7. The van der Waals surface area contributed by atoms with Crippen LogP contribution < -0.4 is 5.32 Å². The van der Waals surface area contributed by atoms with Crippen LogP contribution in [-0.2, 0) is 20.1 Å². The van der Waals surface area contributed by atoms with Gasteiger partial charge in [-0.25, -0.2) is 0 Å². The van der Waals surface area contributed by atoms with Crippen LogP contribution in [0.2, 0.25) is 0 Å². The largest absolute Gasteiger partial charge is 0.455 e. The van der Waals surface area contributed by atoms with E-state index in [0.717, 1.165) is 15.8 Å². The number of nitrogens with one attached hydrogen (secondary N) is 1. The molecule has 0 spiro atoms. The number of hydrogen-bond donors (Lipinski definition) is 1. The number of carbonyl (C=O) groups excluding carboxylic acids is 2. The summed E-state index contributed by atoms with van der Waals surface area (Å²) in [4.78, 5) is 23.2. The number of thioether (sulfide) groups is 1. The molecule has 21 heavy (non-hydrogen) atoms. The third-order valence-electron chi connectivity index (χ3n) is 2.54. The van der Waals surface area contributed by atoms with Crippen molar-refractivity contribution in [3.05, 3.63) is 34.3 Å². The number of halogens is 1. The van der Waals surface area contributed by atoms with Gasteiger partial charge >= 0.3 is 5.97 Å². The predicted molar refractivity (Wildman–Crippen MR) is 89.1 cm³/mol. The Bertz CT molecular complexity index is 476. The van der Waals surface area contributed by atoms with Gasteiger partial charge in [0.05, 0.1) is 5.25 Å². The Balaban J connectivity index is 2.31. The minimum Gasteiger partial charge on any atom is -0.455 e. The van der Waals surface area contributed by atoms with Crippen LogP contribution in [0, 0.1) is 0 Å². The number of benzene rings is 1. The fourth-order valence-electron chi connectivity index (χ4n) is 1.49. The molecule has 1 amide bonds. The van der Waals surface area contributed by atoms with Gasteiger partial charge in [0, 0.05) is 16.3 Å². The van der Waals surface area contributed by atoms with Crippen LogP contribution in [0.3, 0.4) is 0 Å². The van der Waals surface area contributed by atoms with Gasteiger partial charge in [-0.2, -0.15) is 0 Å². The van der Waals surface area contributed by atoms with E-state index in [2.05, 4.69) is 21.2 Å². The molecule has 116 valence electrons. The Morgan fingerprint density at radius 3 is 2.43 bits per heavy atom. The lowest BCUT2D eigenvalue weighted by Crippen LogP contribution is -2.34. The molecule has 1 aromatic carbocycles. The van der Waals surface area contributed by atoms with E-state index < -0.39 is 0 Å². The molecule has 0 unspecified atom stereocenters. The molecule has 0 aliphatic heterocycles. The SMILES string of the molecule is CC(C)NC(=O)COC(=O)[C@H](C)SCc1ccc(Br)cc1. The summed E-state index contributed by atoms with van der Waals surface area (Å²) in [6.07, 6.45) is 0. The van der Waals surface area contributed by atoms with Crippen molar-refractivity contribution in [1.82, 2.24) is 5.32 Å². The van der Waals surface area contributed by atoms with Gasteiger partial charge < -0.3 is 10.1 Å². The van der Waals surface area contributed by atoms with E-state index in [-0.39, 0.29) is 29.8 Å². The first-order valence-electron chi connectivity index (χ1n) is 6.70. The topological polar surface area (TPSA) is 55.4 Å². The zero-order valence-electron chi connectivity index (χ0n) is 12.4. The number of ether oxygens (including phenoxy) is 1. The van der Waals surface area contributed by atoms with Gasteiger partial charge in [0.15, 0.2) is 6.61 Å². The first-order chi connectivity index (χ1) is 9.88. The van der Waals surface area contributed by atoms with E-state index in [1.165, 1.54) is 11.8 Å². The summed E-state index contributed by atoms with van der Waals surface area (Å²) in [5.41, 5.74) is 1.14. The quantitative estimate of drug-likeness (QED) is 0.745. The molecule has 0 radical (unpaired) electrons. The molecule has 0 heterocycles. The maximum atomic E-state index is 11.8. The number of carbonyl (C=O) groups is 2. The normalized spacial score (nSPS) is 12.0. The highest BCUT2D eigenvalue weighted by atomic mass is 79.9. The minimum absolute atomic E-state index is 0.0420. The summed E-state index contributed by atoms with van der Waals surface area (Å²) in [5, 5.41) is 2.37. The van der Waals surface area contributed by atoms with Crippen LogP contribution in [-0.4, -0.2) is 29.8 Å². The number of hydrogen-bond acceptors (Lipinski definition) is 4. The molecule has 1 rings (SSSR count). The highest BCUT2D eigenvalue weighted by Gasteiger charge is 2.16. The summed E-state index contributed by atoms with van der Waals surface area (Å²) in [6, 6.07) is 7.99. The highest BCUT2D eigenvalue weighted by molar-refractivity contribution is 9.10. The number of esters is 1. The van der Waals surface area contributed by atoms with Crippen molar-refractivity contribution in [2.24, 2.45) is 0 Å². The predicted octanol–water partition coefficient (Wildman–Crippen LogP) is 3.14. The van der Waals surface area contributed by atoms with Gasteiger partial charge in [-0.05, 0) is 38.5 Å². The van der Waals surface area contributed by atoms with E-state index in [9.17, 15) is 9.59 Å². The van der Waals surface area contributed by atoms with Crippen molar-refractivity contribution in [3.63, 3.8) is 0 Å². The van der Waals surface area contributed by atoms with Crippen LogP contribution in [0.5, 0.6) is 0 Å². The third kappa shape index (κ3) is 7.52. The van der Waals surface area contributed by atoms with Crippen molar-refractivity contribution in [2.45, 2.75) is 37.8 Å². The molecule has 0 saturated carbocycles. The molecule has 0 fully saturated rings. The lowest BCUT2D eigenvalue weighted by molar-refractivity contribution is -0.147. The van der Waals surface area contributed by atoms with Crippen molar-refractivity contribution in [2.75, 3.05) is 6.61 Å². The molecule has 0 bridgehead atoms. The lowest BCUT2D eigenvalue weighted by atomic mass is 10.2. The molecule has 1 atom stereocenters. The van der Waals surface area contributed by atoms with Crippen LogP contribution in [0.4, 0.5) is 0 Å². The molecule has 1 N–H and O–H groups in total. The Hall–Kier alpha value is -1.01. The Morgan fingerprint density at radius 2 is 1.86 bits per heavy atom. The average molecular weight is 374 g/mol. The molecular formula is C15H20BrNO3S. The van der Waals surface area contributed by atoms with Gasteiger partial charge in [0.1, 0.15) is 0 Å².